The molecule has 0 bridgehead atoms. The molecule has 1 aliphatic rings. The van der Waals surface area contributed by atoms with Crippen LogP contribution in [0.1, 0.15) is 47.5 Å². The molecule has 2 nitrogen and oxygen atoms in total. The predicted molar refractivity (Wildman–Crippen MR) is 65.1 cm³/mol. The molecule has 0 aromatic carbocycles. The van der Waals surface area contributed by atoms with Gasteiger partial charge in [-0.25, -0.2) is 0 Å². The van der Waals surface area contributed by atoms with Crippen molar-refractivity contribution >= 4 is 0 Å². The second kappa shape index (κ2) is 5.31. The Hall–Kier alpha value is -0.0800. The number of nitrogens with one attached hydrogen (secondary N) is 1. The fraction of sp³-hybridized carbons (Fsp3) is 1.00. The summed E-state index contributed by atoms with van der Waals surface area (Å²) in [6.45, 7) is 13.3. The van der Waals surface area contributed by atoms with E-state index in [0.717, 1.165) is 13.2 Å². The molecule has 90 valence electrons. The summed E-state index contributed by atoms with van der Waals surface area (Å²) in [6.07, 6.45) is 2.94. The molecule has 0 aromatic rings. The van der Waals surface area contributed by atoms with E-state index in [1.54, 1.807) is 0 Å². The van der Waals surface area contributed by atoms with Gasteiger partial charge >= 0.3 is 0 Å². The summed E-state index contributed by atoms with van der Waals surface area (Å²) >= 11 is 0. The molecule has 15 heavy (non-hydrogen) atoms. The summed E-state index contributed by atoms with van der Waals surface area (Å²) in [4.78, 5) is 0. The van der Waals surface area contributed by atoms with E-state index in [4.69, 9.17) is 4.74 Å². The highest BCUT2D eigenvalue weighted by atomic mass is 16.5. The maximum absolute atomic E-state index is 5.95. The monoisotopic (exact) mass is 213 g/mol. The lowest BCUT2D eigenvalue weighted by Gasteiger charge is -2.40. The van der Waals surface area contributed by atoms with Crippen LogP contribution in [0.4, 0.5) is 0 Å². The third-order valence-corrected chi connectivity index (χ3v) is 3.09. The fourth-order valence-corrected chi connectivity index (χ4v) is 2.40. The first kappa shape index (κ1) is 13.0. The largest absolute Gasteiger partial charge is 0.377 e. The van der Waals surface area contributed by atoms with Gasteiger partial charge in [-0.3, -0.25) is 0 Å². The summed E-state index contributed by atoms with van der Waals surface area (Å²) in [6, 6.07) is 0.576. The van der Waals surface area contributed by atoms with Gasteiger partial charge < -0.3 is 10.1 Å². The predicted octanol–water partition coefficient (Wildman–Crippen LogP) is 2.83. The number of hydrogen-bond donors (Lipinski definition) is 1. The van der Waals surface area contributed by atoms with Crippen molar-refractivity contribution in [1.82, 2.24) is 5.32 Å². The van der Waals surface area contributed by atoms with Gasteiger partial charge in [0.05, 0.1) is 6.10 Å². The lowest BCUT2D eigenvalue weighted by Crippen LogP contribution is -2.45. The van der Waals surface area contributed by atoms with E-state index in [0.29, 0.717) is 18.1 Å². The molecule has 0 saturated carbocycles. The topological polar surface area (TPSA) is 21.3 Å². The highest BCUT2D eigenvalue weighted by Gasteiger charge is 2.34. The summed E-state index contributed by atoms with van der Waals surface area (Å²) in [7, 11) is 0. The van der Waals surface area contributed by atoms with Crippen LogP contribution in [0.25, 0.3) is 0 Å². The Kier molecular flexibility index (Phi) is 4.60. The van der Waals surface area contributed by atoms with Crippen LogP contribution in [0.5, 0.6) is 0 Å². The second-order valence-electron chi connectivity index (χ2n) is 6.12. The zero-order valence-electron chi connectivity index (χ0n) is 11.0. The molecule has 1 fully saturated rings. The molecule has 0 amide bonds. The second-order valence-corrected chi connectivity index (χ2v) is 6.12. The van der Waals surface area contributed by atoms with E-state index in [1.165, 1.54) is 12.8 Å². The van der Waals surface area contributed by atoms with Crippen LogP contribution in [0.2, 0.25) is 0 Å². The maximum Gasteiger partial charge on any atom is 0.0663 e. The zero-order chi connectivity index (χ0) is 11.5. The summed E-state index contributed by atoms with van der Waals surface area (Å²) in [5.74, 6) is 0.682. The van der Waals surface area contributed by atoms with Crippen LogP contribution >= 0.6 is 0 Å². The molecule has 1 rings (SSSR count). The quantitative estimate of drug-likeness (QED) is 0.778. The molecule has 2 unspecified atom stereocenters. The van der Waals surface area contributed by atoms with Crippen molar-refractivity contribution in [2.24, 2.45) is 11.3 Å². The molecular formula is C13H27NO. The van der Waals surface area contributed by atoms with Crippen LogP contribution in [-0.2, 0) is 4.74 Å². The summed E-state index contributed by atoms with van der Waals surface area (Å²) in [5.41, 5.74) is 0.268. The van der Waals surface area contributed by atoms with E-state index in [2.05, 4.69) is 39.9 Å². The Balaban J connectivity index is 2.50. The van der Waals surface area contributed by atoms with Crippen molar-refractivity contribution in [1.29, 1.82) is 0 Å². The van der Waals surface area contributed by atoms with Gasteiger partial charge in [-0.1, -0.05) is 34.6 Å². The normalized spacial score (nSPS) is 28.4. The minimum Gasteiger partial charge on any atom is -0.377 e. The average molecular weight is 213 g/mol. The Morgan fingerprint density at radius 1 is 1.33 bits per heavy atom. The standard InChI is InChI=1S/C13H27NO/c1-10(2)14-9-11-7-6-8-15-12(11)13(3,4)5/h10-12,14H,6-9H2,1-5H3. The van der Waals surface area contributed by atoms with Crippen molar-refractivity contribution in [2.45, 2.75) is 59.6 Å². The minimum atomic E-state index is 0.268. The molecule has 2 heteroatoms. The van der Waals surface area contributed by atoms with Gasteiger partial charge in [0.25, 0.3) is 0 Å². The Labute approximate surface area is 94.8 Å². The molecule has 0 aromatic heterocycles. The average Bonchev–Trinajstić information content (AvgIpc) is 2.13. The van der Waals surface area contributed by atoms with Crippen molar-refractivity contribution in [3.8, 4) is 0 Å². The van der Waals surface area contributed by atoms with Gasteiger partial charge in [0.1, 0.15) is 0 Å². The molecule has 0 radical (unpaired) electrons. The lowest BCUT2D eigenvalue weighted by atomic mass is 9.78. The van der Waals surface area contributed by atoms with Crippen LogP contribution < -0.4 is 5.32 Å². The van der Waals surface area contributed by atoms with E-state index >= 15 is 0 Å². The summed E-state index contributed by atoms with van der Waals surface area (Å²) < 4.78 is 5.95. The van der Waals surface area contributed by atoms with Gasteiger partial charge in [0.15, 0.2) is 0 Å². The lowest BCUT2D eigenvalue weighted by molar-refractivity contribution is -0.0847. The van der Waals surface area contributed by atoms with Gasteiger partial charge in [0.2, 0.25) is 0 Å². The van der Waals surface area contributed by atoms with E-state index in [9.17, 15) is 0 Å². The van der Waals surface area contributed by atoms with E-state index in [1.807, 2.05) is 0 Å². The molecule has 1 aliphatic heterocycles. The van der Waals surface area contributed by atoms with Crippen molar-refractivity contribution < 1.29 is 4.74 Å². The van der Waals surface area contributed by atoms with Crippen LogP contribution in [0.15, 0.2) is 0 Å². The smallest absolute Gasteiger partial charge is 0.0663 e. The van der Waals surface area contributed by atoms with Crippen LogP contribution in [0.3, 0.4) is 0 Å². The van der Waals surface area contributed by atoms with Crippen LogP contribution in [0, 0.1) is 11.3 Å². The molecule has 0 aliphatic carbocycles. The number of ether oxygens (including phenoxy) is 1. The van der Waals surface area contributed by atoms with Gasteiger partial charge in [-0.05, 0) is 24.2 Å². The highest BCUT2D eigenvalue weighted by molar-refractivity contribution is 4.85. The first-order valence-corrected chi connectivity index (χ1v) is 6.26. The third-order valence-electron chi connectivity index (χ3n) is 3.09. The first-order valence-electron chi connectivity index (χ1n) is 6.26. The molecule has 1 saturated heterocycles. The van der Waals surface area contributed by atoms with E-state index < -0.39 is 0 Å². The Morgan fingerprint density at radius 2 is 2.00 bits per heavy atom. The van der Waals surface area contributed by atoms with Crippen molar-refractivity contribution in [3.63, 3.8) is 0 Å². The van der Waals surface area contributed by atoms with Crippen molar-refractivity contribution in [3.05, 3.63) is 0 Å². The van der Waals surface area contributed by atoms with Gasteiger partial charge in [-0.15, -0.1) is 0 Å². The first-order chi connectivity index (χ1) is 6.91. The van der Waals surface area contributed by atoms with Gasteiger partial charge in [-0.2, -0.15) is 0 Å². The maximum atomic E-state index is 5.95. The minimum absolute atomic E-state index is 0.268. The Morgan fingerprint density at radius 3 is 2.53 bits per heavy atom. The molecule has 0 spiro atoms. The molecule has 2 atom stereocenters. The Bertz CT molecular complexity index is 183. The molecule has 1 N–H and O–H groups in total. The molecular weight excluding hydrogens is 186 g/mol. The van der Waals surface area contributed by atoms with Crippen LogP contribution in [-0.4, -0.2) is 25.3 Å². The zero-order valence-corrected chi connectivity index (χ0v) is 11.0. The van der Waals surface area contributed by atoms with Gasteiger partial charge in [0, 0.05) is 19.2 Å². The number of rotatable bonds is 3. The fourth-order valence-electron chi connectivity index (χ4n) is 2.40. The van der Waals surface area contributed by atoms with E-state index in [-0.39, 0.29) is 5.41 Å². The SMILES string of the molecule is CC(C)NCC1CCCOC1C(C)(C)C. The summed E-state index contributed by atoms with van der Waals surface area (Å²) in [5, 5.41) is 3.54. The third kappa shape index (κ3) is 4.12. The number of hydrogen-bond acceptors (Lipinski definition) is 2. The molecule has 1 heterocycles. The van der Waals surface area contributed by atoms with Crippen molar-refractivity contribution in [2.75, 3.05) is 13.2 Å². The highest BCUT2D eigenvalue weighted by Crippen LogP contribution is 2.33.